The van der Waals surface area contributed by atoms with E-state index in [0.717, 1.165) is 17.9 Å². The van der Waals surface area contributed by atoms with Crippen molar-refractivity contribution < 1.29 is 19.3 Å². The predicted octanol–water partition coefficient (Wildman–Crippen LogP) is 3.77. The number of hydrogen-bond donors (Lipinski definition) is 1. The van der Waals surface area contributed by atoms with Crippen LogP contribution in [0.5, 0.6) is 0 Å². The zero-order chi connectivity index (χ0) is 18.4. The molecule has 1 aromatic rings. The lowest BCUT2D eigenvalue weighted by molar-refractivity contribution is -0.201. The summed E-state index contributed by atoms with van der Waals surface area (Å²) >= 11 is 0. The molecular weight excluding hydrogens is 328 g/mol. The normalized spacial score (nSPS) is 38.5. The van der Waals surface area contributed by atoms with Crippen LogP contribution in [-0.4, -0.2) is 36.8 Å². The van der Waals surface area contributed by atoms with Crippen LogP contribution < -0.4 is 0 Å². The van der Waals surface area contributed by atoms with Gasteiger partial charge in [0.1, 0.15) is 6.10 Å². The van der Waals surface area contributed by atoms with Gasteiger partial charge in [-0.25, -0.2) is 0 Å². The Labute approximate surface area is 156 Å². The summed E-state index contributed by atoms with van der Waals surface area (Å²) in [7, 11) is 0. The first kappa shape index (κ1) is 18.4. The second-order valence-corrected chi connectivity index (χ2v) is 9.11. The van der Waals surface area contributed by atoms with Gasteiger partial charge in [0.25, 0.3) is 0 Å². The maximum atomic E-state index is 9.68. The monoisotopic (exact) mass is 360 g/mol. The zero-order valence-electron chi connectivity index (χ0n) is 16.2. The fourth-order valence-corrected chi connectivity index (χ4v) is 5.80. The number of aliphatic hydroxyl groups is 1. The van der Waals surface area contributed by atoms with Crippen LogP contribution in [0.25, 0.3) is 0 Å². The van der Waals surface area contributed by atoms with E-state index in [4.69, 9.17) is 14.2 Å². The van der Waals surface area contributed by atoms with Crippen LogP contribution in [0, 0.1) is 22.7 Å². The minimum atomic E-state index is -0.332. The minimum absolute atomic E-state index is 0.0455. The van der Waals surface area contributed by atoms with Crippen molar-refractivity contribution in [2.45, 2.75) is 65.1 Å². The maximum Gasteiger partial charge on any atom is 0.158 e. The summed E-state index contributed by atoms with van der Waals surface area (Å²) in [5.74, 6) is 1.33. The van der Waals surface area contributed by atoms with Gasteiger partial charge in [0.15, 0.2) is 6.29 Å². The van der Waals surface area contributed by atoms with Gasteiger partial charge >= 0.3 is 0 Å². The number of ether oxygens (including phenoxy) is 3. The number of hydrogen-bond acceptors (Lipinski definition) is 4. The molecule has 0 radical (unpaired) electrons. The third-order valence-corrected chi connectivity index (χ3v) is 7.63. The van der Waals surface area contributed by atoms with Crippen molar-refractivity contribution in [3.8, 4) is 0 Å². The fourth-order valence-electron chi connectivity index (χ4n) is 5.80. The predicted molar refractivity (Wildman–Crippen MR) is 99.4 cm³/mol. The topological polar surface area (TPSA) is 47.9 Å². The van der Waals surface area contributed by atoms with E-state index in [1.165, 1.54) is 12.8 Å². The number of benzene rings is 1. The Kier molecular flexibility index (Phi) is 4.89. The molecule has 0 amide bonds. The first-order valence-corrected chi connectivity index (χ1v) is 9.99. The molecule has 3 aliphatic rings. The fraction of sp³-hybridized carbons (Fsp3) is 0.727. The van der Waals surface area contributed by atoms with Gasteiger partial charge in [-0.2, -0.15) is 0 Å². The second-order valence-electron chi connectivity index (χ2n) is 9.11. The van der Waals surface area contributed by atoms with Gasteiger partial charge in [0, 0.05) is 6.42 Å². The van der Waals surface area contributed by atoms with E-state index >= 15 is 0 Å². The molecule has 4 heteroatoms. The van der Waals surface area contributed by atoms with Crippen molar-refractivity contribution >= 4 is 0 Å². The third-order valence-electron chi connectivity index (χ3n) is 7.63. The van der Waals surface area contributed by atoms with Gasteiger partial charge in [-0.1, -0.05) is 51.1 Å². The van der Waals surface area contributed by atoms with E-state index in [-0.39, 0.29) is 24.4 Å². The largest absolute Gasteiger partial charge is 0.394 e. The van der Waals surface area contributed by atoms with Crippen molar-refractivity contribution in [1.29, 1.82) is 0 Å². The molecule has 4 nitrogen and oxygen atoms in total. The van der Waals surface area contributed by atoms with E-state index < -0.39 is 0 Å². The van der Waals surface area contributed by atoms with Crippen molar-refractivity contribution in [3.05, 3.63) is 35.9 Å². The number of fused-ring (bicyclic) bond motifs is 5. The van der Waals surface area contributed by atoms with Crippen LogP contribution in [0.4, 0.5) is 0 Å². The summed E-state index contributed by atoms with van der Waals surface area (Å²) in [6.07, 6.45) is 3.26. The molecule has 1 aromatic carbocycles. The highest BCUT2D eigenvalue weighted by molar-refractivity contribution is 5.16. The van der Waals surface area contributed by atoms with E-state index in [9.17, 15) is 5.11 Å². The van der Waals surface area contributed by atoms with Gasteiger partial charge in [-0.05, 0) is 41.1 Å². The van der Waals surface area contributed by atoms with Crippen molar-refractivity contribution in [3.63, 3.8) is 0 Å². The van der Waals surface area contributed by atoms with Crippen LogP contribution in [0.1, 0.15) is 45.6 Å². The van der Waals surface area contributed by atoms with Crippen molar-refractivity contribution in [1.82, 2.24) is 0 Å². The summed E-state index contributed by atoms with van der Waals surface area (Å²) in [6, 6.07) is 10.1. The Balaban J connectivity index is 1.30. The van der Waals surface area contributed by atoms with E-state index in [1.54, 1.807) is 0 Å². The zero-order valence-corrected chi connectivity index (χ0v) is 16.2. The molecule has 6 atom stereocenters. The molecule has 26 heavy (non-hydrogen) atoms. The Bertz CT molecular complexity index is 616. The van der Waals surface area contributed by atoms with E-state index in [1.807, 2.05) is 30.3 Å². The molecule has 2 bridgehead atoms. The summed E-state index contributed by atoms with van der Waals surface area (Å²) in [5.41, 5.74) is 1.73. The first-order chi connectivity index (χ1) is 12.5. The summed E-state index contributed by atoms with van der Waals surface area (Å²) < 4.78 is 18.2. The van der Waals surface area contributed by atoms with Crippen molar-refractivity contribution in [2.75, 3.05) is 13.2 Å². The Hall–Kier alpha value is -0.940. The summed E-state index contributed by atoms with van der Waals surface area (Å²) in [6.45, 7) is 8.09. The highest BCUT2D eigenvalue weighted by atomic mass is 16.7. The lowest BCUT2D eigenvalue weighted by atomic mass is 9.70. The molecule has 3 fully saturated rings. The Morgan fingerprint density at radius 1 is 1.23 bits per heavy atom. The maximum absolute atomic E-state index is 9.68. The quantitative estimate of drug-likeness (QED) is 0.804. The van der Waals surface area contributed by atoms with Gasteiger partial charge < -0.3 is 19.3 Å². The molecule has 2 saturated carbocycles. The lowest BCUT2D eigenvalue weighted by Gasteiger charge is -2.38. The van der Waals surface area contributed by atoms with Gasteiger partial charge in [-0.3, -0.25) is 0 Å². The lowest BCUT2D eigenvalue weighted by Crippen LogP contribution is -2.38. The molecule has 1 heterocycles. The summed E-state index contributed by atoms with van der Waals surface area (Å²) in [4.78, 5) is 0. The average Bonchev–Trinajstić information content (AvgIpc) is 3.19. The molecule has 1 N–H and O–H groups in total. The van der Waals surface area contributed by atoms with Gasteiger partial charge in [0.2, 0.25) is 0 Å². The first-order valence-electron chi connectivity index (χ1n) is 9.99. The molecule has 1 aliphatic heterocycles. The summed E-state index contributed by atoms with van der Waals surface area (Å²) in [5, 5.41) is 9.68. The van der Waals surface area contributed by atoms with Crippen molar-refractivity contribution in [2.24, 2.45) is 22.7 Å². The standard InChI is InChI=1S/C22H32O4/c1-21(2)18-9-10-22(21,3)20-17(18)11-19(26-20)25-16(12-23)14-24-13-15-7-5-4-6-8-15/h4-8,16-20,23H,9-14H2,1-3H3/t16-,17-,18+,19-,20-,22-/m0/s1. The SMILES string of the molecule is CC1(C)[C@@H]2CC[C@@]1(C)[C@H]1O[C@H](O[C@@H](CO)COCc3ccccc3)C[C@@H]21. The smallest absolute Gasteiger partial charge is 0.158 e. The second kappa shape index (κ2) is 6.90. The Morgan fingerprint density at radius 3 is 2.69 bits per heavy atom. The average molecular weight is 360 g/mol. The highest BCUT2D eigenvalue weighted by Gasteiger charge is 2.69. The van der Waals surface area contributed by atoms with Crippen LogP contribution in [0.3, 0.4) is 0 Å². The molecule has 2 aliphatic carbocycles. The molecule has 0 aromatic heterocycles. The molecule has 0 spiro atoms. The van der Waals surface area contributed by atoms with Crippen LogP contribution in [0.15, 0.2) is 30.3 Å². The third kappa shape index (κ3) is 2.91. The van der Waals surface area contributed by atoms with E-state index in [2.05, 4.69) is 20.8 Å². The number of rotatable bonds is 7. The van der Waals surface area contributed by atoms with Crippen LogP contribution in [0.2, 0.25) is 0 Å². The van der Waals surface area contributed by atoms with Gasteiger partial charge in [-0.15, -0.1) is 0 Å². The molecule has 144 valence electrons. The molecule has 4 rings (SSSR count). The van der Waals surface area contributed by atoms with Crippen LogP contribution in [-0.2, 0) is 20.8 Å². The minimum Gasteiger partial charge on any atom is -0.394 e. The molecular formula is C22H32O4. The number of aliphatic hydroxyl groups excluding tert-OH is 1. The van der Waals surface area contributed by atoms with Gasteiger partial charge in [0.05, 0.1) is 25.9 Å². The van der Waals surface area contributed by atoms with E-state index in [0.29, 0.717) is 30.7 Å². The van der Waals surface area contributed by atoms with Crippen LogP contribution >= 0.6 is 0 Å². The highest BCUT2D eigenvalue weighted by Crippen LogP contribution is 2.71. The Morgan fingerprint density at radius 2 is 2.00 bits per heavy atom. The molecule has 0 unspecified atom stereocenters. The molecule has 1 saturated heterocycles.